The summed E-state index contributed by atoms with van der Waals surface area (Å²) in [5.74, 6) is 6.14. The van der Waals surface area contributed by atoms with E-state index in [4.69, 9.17) is 15.9 Å². The highest BCUT2D eigenvalue weighted by Gasteiger charge is 2.18. The van der Waals surface area contributed by atoms with Crippen LogP contribution in [0.5, 0.6) is 0 Å². The molecule has 0 aromatic heterocycles. The molecule has 2 aliphatic rings. The molecule has 0 radical (unpaired) electrons. The summed E-state index contributed by atoms with van der Waals surface area (Å²) in [5.41, 5.74) is 7.19. The molecule has 2 heterocycles. The molecular weight excluding hydrogens is 492 g/mol. The third kappa shape index (κ3) is 10.2. The van der Waals surface area contributed by atoms with E-state index in [2.05, 4.69) is 37.0 Å². The van der Waals surface area contributed by atoms with Crippen molar-refractivity contribution in [3.8, 4) is 23.8 Å². The molecule has 0 aliphatic carbocycles. The van der Waals surface area contributed by atoms with Gasteiger partial charge in [-0.25, -0.2) is 0 Å². The van der Waals surface area contributed by atoms with Crippen molar-refractivity contribution >= 4 is 19.9 Å². The molecule has 38 heavy (non-hydrogen) atoms. The van der Waals surface area contributed by atoms with Crippen LogP contribution in [0, 0.1) is 23.8 Å². The molecule has 0 bridgehead atoms. The van der Waals surface area contributed by atoms with Crippen molar-refractivity contribution in [1.82, 2.24) is 9.80 Å². The first-order valence-electron chi connectivity index (χ1n) is 13.1. The Balaban J connectivity index is 0.000000215. The fourth-order valence-electron chi connectivity index (χ4n) is 3.99. The van der Waals surface area contributed by atoms with Gasteiger partial charge in [-0.1, -0.05) is 55.7 Å². The lowest BCUT2D eigenvalue weighted by Crippen LogP contribution is -2.41. The molecule has 2 saturated heterocycles. The van der Waals surface area contributed by atoms with Crippen molar-refractivity contribution in [2.45, 2.75) is 32.5 Å². The number of rotatable bonds is 4. The Bertz CT molecular complexity index is 1190. The molecular formula is C31H38N2O4Si. The average Bonchev–Trinajstić information content (AvgIpc) is 2.93. The topological polar surface area (TPSA) is 59.1 Å². The van der Waals surface area contributed by atoms with E-state index >= 15 is 0 Å². The number of carbonyl (C=O) groups excluding carboxylic acids is 2. The zero-order valence-electron chi connectivity index (χ0n) is 22.8. The largest absolute Gasteiger partial charge is 0.378 e. The fourth-order valence-corrected chi connectivity index (χ4v) is 4.51. The van der Waals surface area contributed by atoms with Crippen molar-refractivity contribution in [1.29, 1.82) is 0 Å². The van der Waals surface area contributed by atoms with Gasteiger partial charge in [0, 0.05) is 37.3 Å². The van der Waals surface area contributed by atoms with Gasteiger partial charge in [-0.3, -0.25) is 9.59 Å². The van der Waals surface area contributed by atoms with Crippen LogP contribution in [0.4, 0.5) is 0 Å². The van der Waals surface area contributed by atoms with Crippen LogP contribution < -0.4 is 0 Å². The van der Waals surface area contributed by atoms with Crippen molar-refractivity contribution < 1.29 is 19.1 Å². The maximum absolute atomic E-state index is 12.2. The van der Waals surface area contributed by atoms with Crippen molar-refractivity contribution in [3.05, 3.63) is 70.8 Å². The van der Waals surface area contributed by atoms with Crippen LogP contribution in [-0.2, 0) is 31.9 Å². The number of hydrogen-bond acceptors (Lipinski definition) is 4. The standard InChI is InChI=1S/C17H23NO2Si.C14H15NO2/c1-21(2,3)12-7-15-5-4-6-16(13-15)14-17(19)18-8-10-20-11-9-18;1-2-12-4-3-5-13(10-12)11-14(16)15-6-8-17-9-7-15/h4-6,13H,8-11,14H2,1-3H3;1,3-5,10H,6-9,11H2. The Kier molecular flexibility index (Phi) is 11.2. The Morgan fingerprint density at radius 1 is 0.789 bits per heavy atom. The number of hydrogen-bond donors (Lipinski definition) is 0. The van der Waals surface area contributed by atoms with E-state index in [0.29, 0.717) is 65.4 Å². The van der Waals surface area contributed by atoms with Crippen LogP contribution in [0.15, 0.2) is 48.5 Å². The molecule has 2 aromatic carbocycles. The van der Waals surface area contributed by atoms with E-state index in [0.717, 1.165) is 22.3 Å². The lowest BCUT2D eigenvalue weighted by molar-refractivity contribution is -0.135. The Hall–Kier alpha value is -3.36. The summed E-state index contributed by atoms with van der Waals surface area (Å²) in [5, 5.41) is 0. The van der Waals surface area contributed by atoms with Crippen LogP contribution in [0.3, 0.4) is 0 Å². The van der Waals surface area contributed by atoms with Crippen LogP contribution >= 0.6 is 0 Å². The number of nitrogens with zero attached hydrogens (tertiary/aromatic N) is 2. The summed E-state index contributed by atoms with van der Waals surface area (Å²) >= 11 is 0. The lowest BCUT2D eigenvalue weighted by atomic mass is 10.1. The van der Waals surface area contributed by atoms with Gasteiger partial charge in [0.2, 0.25) is 11.8 Å². The highest BCUT2D eigenvalue weighted by molar-refractivity contribution is 6.83. The second-order valence-corrected chi connectivity index (χ2v) is 15.1. The van der Waals surface area contributed by atoms with Gasteiger partial charge < -0.3 is 19.3 Å². The van der Waals surface area contributed by atoms with Crippen molar-refractivity contribution in [2.75, 3.05) is 52.6 Å². The fraction of sp³-hybridized carbons (Fsp3) is 0.419. The molecule has 2 aliphatic heterocycles. The average molecular weight is 531 g/mol. The number of benzene rings is 2. The lowest BCUT2D eigenvalue weighted by Gasteiger charge is -2.26. The van der Waals surface area contributed by atoms with E-state index in [-0.39, 0.29) is 11.8 Å². The Labute approximate surface area is 228 Å². The van der Waals surface area contributed by atoms with Gasteiger partial charge >= 0.3 is 0 Å². The van der Waals surface area contributed by atoms with E-state index in [1.54, 1.807) is 0 Å². The predicted molar refractivity (Wildman–Crippen MR) is 153 cm³/mol. The minimum absolute atomic E-state index is 0.141. The molecule has 4 rings (SSSR count). The second-order valence-electron chi connectivity index (χ2n) is 10.4. The van der Waals surface area contributed by atoms with Gasteiger partial charge in [-0.2, -0.15) is 0 Å². The third-order valence-electron chi connectivity index (χ3n) is 6.04. The predicted octanol–water partition coefficient (Wildman–Crippen LogP) is 3.39. The van der Waals surface area contributed by atoms with Gasteiger partial charge in [0.25, 0.3) is 0 Å². The van der Waals surface area contributed by atoms with E-state index in [9.17, 15) is 9.59 Å². The zero-order valence-corrected chi connectivity index (χ0v) is 23.8. The maximum Gasteiger partial charge on any atom is 0.227 e. The number of ether oxygens (including phenoxy) is 2. The molecule has 0 N–H and O–H groups in total. The van der Waals surface area contributed by atoms with Gasteiger partial charge in [-0.15, -0.1) is 12.0 Å². The number of terminal acetylenes is 1. The third-order valence-corrected chi connectivity index (χ3v) is 6.92. The molecule has 200 valence electrons. The molecule has 2 aromatic rings. The molecule has 7 heteroatoms. The van der Waals surface area contributed by atoms with Crippen LogP contribution in [0.2, 0.25) is 19.6 Å². The first-order chi connectivity index (χ1) is 18.2. The summed E-state index contributed by atoms with van der Waals surface area (Å²) in [6, 6.07) is 15.6. The summed E-state index contributed by atoms with van der Waals surface area (Å²) in [4.78, 5) is 27.9. The summed E-state index contributed by atoms with van der Waals surface area (Å²) < 4.78 is 10.5. The first-order valence-corrected chi connectivity index (χ1v) is 16.6. The van der Waals surface area contributed by atoms with Gasteiger partial charge in [-0.05, 0) is 35.4 Å². The van der Waals surface area contributed by atoms with Crippen LogP contribution in [0.25, 0.3) is 0 Å². The van der Waals surface area contributed by atoms with Crippen molar-refractivity contribution in [3.63, 3.8) is 0 Å². The highest BCUT2D eigenvalue weighted by Crippen LogP contribution is 2.10. The second kappa shape index (κ2) is 14.5. The zero-order chi connectivity index (χ0) is 27.4. The van der Waals surface area contributed by atoms with Crippen molar-refractivity contribution in [2.24, 2.45) is 0 Å². The SMILES string of the molecule is C#Cc1cccc(CC(=O)N2CCOCC2)c1.C[Si](C)(C)C#Cc1cccc(CC(=O)N2CCOCC2)c1. The van der Waals surface area contributed by atoms with Gasteiger partial charge in [0.05, 0.1) is 39.3 Å². The number of morpholine rings is 2. The molecule has 0 spiro atoms. The Morgan fingerprint density at radius 2 is 1.24 bits per heavy atom. The van der Waals surface area contributed by atoms with Gasteiger partial charge in [0.15, 0.2) is 0 Å². The van der Waals surface area contributed by atoms with Crippen LogP contribution in [-0.4, -0.2) is 82.3 Å². The molecule has 0 saturated carbocycles. The highest BCUT2D eigenvalue weighted by atomic mass is 28.3. The minimum atomic E-state index is -1.37. The normalized spacial score (nSPS) is 15.3. The molecule has 6 nitrogen and oxygen atoms in total. The smallest absolute Gasteiger partial charge is 0.227 e. The monoisotopic (exact) mass is 530 g/mol. The minimum Gasteiger partial charge on any atom is -0.378 e. The summed E-state index contributed by atoms with van der Waals surface area (Å²) in [6.07, 6.45) is 6.19. The molecule has 0 unspecified atom stereocenters. The van der Waals surface area contributed by atoms with Gasteiger partial charge in [0.1, 0.15) is 8.07 Å². The van der Waals surface area contributed by atoms with E-state index in [1.807, 2.05) is 58.3 Å². The van der Waals surface area contributed by atoms with E-state index in [1.165, 1.54) is 0 Å². The number of amides is 2. The molecule has 2 amide bonds. The quantitative estimate of drug-likeness (QED) is 0.449. The molecule has 0 atom stereocenters. The maximum atomic E-state index is 12.2. The number of carbonyl (C=O) groups is 2. The summed E-state index contributed by atoms with van der Waals surface area (Å²) in [7, 11) is -1.37. The molecule has 2 fully saturated rings. The summed E-state index contributed by atoms with van der Waals surface area (Å²) in [6.45, 7) is 12.0. The van der Waals surface area contributed by atoms with Crippen LogP contribution in [0.1, 0.15) is 22.3 Å². The first kappa shape index (κ1) is 29.2. The van der Waals surface area contributed by atoms with E-state index < -0.39 is 8.07 Å². The Morgan fingerprint density at radius 3 is 1.68 bits per heavy atom.